The van der Waals surface area contributed by atoms with Gasteiger partial charge in [0.2, 0.25) is 0 Å². The van der Waals surface area contributed by atoms with Crippen molar-refractivity contribution in [3.05, 3.63) is 35.9 Å². The smallest absolute Gasteiger partial charge is 0.191 e. The van der Waals surface area contributed by atoms with E-state index in [0.29, 0.717) is 18.0 Å². The summed E-state index contributed by atoms with van der Waals surface area (Å²) >= 11 is 0. The molecule has 1 aromatic carbocycles. The Balaban J connectivity index is 1.90. The maximum Gasteiger partial charge on any atom is 0.191 e. The Morgan fingerprint density at radius 3 is 2.30 bits per heavy atom. The number of likely N-dealkylation sites (N-methyl/N-ethyl adjacent to an activating group) is 1. The summed E-state index contributed by atoms with van der Waals surface area (Å²) in [6.45, 7) is 9.94. The van der Waals surface area contributed by atoms with Crippen LogP contribution in [-0.2, 0) is 4.74 Å². The van der Waals surface area contributed by atoms with Crippen LogP contribution in [0, 0.1) is 5.92 Å². The van der Waals surface area contributed by atoms with Crippen LogP contribution < -0.4 is 10.6 Å². The normalized spacial score (nSPS) is 18.6. The highest BCUT2D eigenvalue weighted by molar-refractivity contribution is 5.79. The zero-order valence-electron chi connectivity index (χ0n) is 17.6. The van der Waals surface area contributed by atoms with Crippen molar-refractivity contribution in [1.29, 1.82) is 0 Å². The Morgan fingerprint density at radius 1 is 1.11 bits per heavy atom. The van der Waals surface area contributed by atoms with E-state index in [1.54, 1.807) is 0 Å². The highest BCUT2D eigenvalue weighted by Gasteiger charge is 2.24. The zero-order valence-corrected chi connectivity index (χ0v) is 17.6. The molecule has 1 fully saturated rings. The molecule has 0 saturated carbocycles. The van der Waals surface area contributed by atoms with Gasteiger partial charge in [-0.3, -0.25) is 9.89 Å². The predicted molar refractivity (Wildman–Crippen MR) is 113 cm³/mol. The van der Waals surface area contributed by atoms with Crippen molar-refractivity contribution in [2.75, 3.05) is 60.5 Å². The van der Waals surface area contributed by atoms with Gasteiger partial charge in [0.05, 0.1) is 19.3 Å². The topological polar surface area (TPSA) is 52.1 Å². The van der Waals surface area contributed by atoms with Gasteiger partial charge in [-0.25, -0.2) is 0 Å². The predicted octanol–water partition coefficient (Wildman–Crippen LogP) is 1.81. The molecule has 0 aliphatic carbocycles. The molecule has 27 heavy (non-hydrogen) atoms. The number of aliphatic imine (C=N–C) groups is 1. The van der Waals surface area contributed by atoms with E-state index in [-0.39, 0.29) is 0 Å². The van der Waals surface area contributed by atoms with Crippen LogP contribution in [0.3, 0.4) is 0 Å². The molecule has 0 aromatic heterocycles. The highest BCUT2D eigenvalue weighted by atomic mass is 16.5. The maximum atomic E-state index is 5.50. The number of benzene rings is 1. The maximum absolute atomic E-state index is 5.50. The van der Waals surface area contributed by atoms with Crippen LogP contribution in [0.15, 0.2) is 35.3 Å². The van der Waals surface area contributed by atoms with Crippen LogP contribution in [-0.4, -0.2) is 82.3 Å². The summed E-state index contributed by atoms with van der Waals surface area (Å²) in [6, 6.07) is 11.4. The Morgan fingerprint density at radius 2 is 1.74 bits per heavy atom. The van der Waals surface area contributed by atoms with E-state index in [1.807, 2.05) is 7.05 Å². The largest absolute Gasteiger partial charge is 0.379 e. The molecule has 6 heteroatoms. The summed E-state index contributed by atoms with van der Waals surface area (Å²) in [5.74, 6) is 1.43. The van der Waals surface area contributed by atoms with Gasteiger partial charge < -0.3 is 20.3 Å². The minimum absolute atomic E-state index is 0.296. The minimum atomic E-state index is 0.296. The summed E-state index contributed by atoms with van der Waals surface area (Å²) in [4.78, 5) is 9.19. The zero-order chi connectivity index (χ0) is 19.6. The number of rotatable bonds is 8. The number of hydrogen-bond donors (Lipinski definition) is 2. The highest BCUT2D eigenvalue weighted by Crippen LogP contribution is 2.16. The fourth-order valence-electron chi connectivity index (χ4n) is 3.58. The molecular weight excluding hydrogens is 338 g/mol. The van der Waals surface area contributed by atoms with Crippen molar-refractivity contribution in [2.45, 2.75) is 25.9 Å². The van der Waals surface area contributed by atoms with Gasteiger partial charge in [-0.1, -0.05) is 44.2 Å². The molecule has 1 saturated heterocycles. The van der Waals surface area contributed by atoms with Gasteiger partial charge in [0.15, 0.2) is 5.96 Å². The number of morpholine rings is 1. The van der Waals surface area contributed by atoms with Crippen molar-refractivity contribution in [1.82, 2.24) is 20.4 Å². The fourth-order valence-corrected chi connectivity index (χ4v) is 3.58. The van der Waals surface area contributed by atoms with Crippen LogP contribution >= 0.6 is 0 Å². The third-order valence-corrected chi connectivity index (χ3v) is 5.26. The van der Waals surface area contributed by atoms with E-state index < -0.39 is 0 Å². The molecule has 1 aliphatic rings. The second-order valence-corrected chi connectivity index (χ2v) is 7.68. The van der Waals surface area contributed by atoms with Gasteiger partial charge >= 0.3 is 0 Å². The van der Waals surface area contributed by atoms with Gasteiger partial charge in [-0.05, 0) is 25.6 Å². The molecule has 1 aromatic rings. The first-order valence-electron chi connectivity index (χ1n) is 10.0. The second-order valence-electron chi connectivity index (χ2n) is 7.68. The minimum Gasteiger partial charge on any atom is -0.379 e. The van der Waals surface area contributed by atoms with Gasteiger partial charge in [0.25, 0.3) is 0 Å². The fraction of sp³-hybridized carbons (Fsp3) is 0.667. The summed E-state index contributed by atoms with van der Waals surface area (Å²) in [5, 5.41) is 7.03. The number of ether oxygens (including phenoxy) is 1. The number of nitrogens with zero attached hydrogens (tertiary/aromatic N) is 3. The van der Waals surface area contributed by atoms with E-state index in [4.69, 9.17) is 4.74 Å². The second kappa shape index (κ2) is 11.3. The molecule has 2 unspecified atom stereocenters. The molecule has 6 nitrogen and oxygen atoms in total. The summed E-state index contributed by atoms with van der Waals surface area (Å²) < 4.78 is 5.50. The monoisotopic (exact) mass is 375 g/mol. The lowest BCUT2D eigenvalue weighted by atomic mass is 10.0. The molecule has 2 rings (SSSR count). The average Bonchev–Trinajstić information content (AvgIpc) is 2.68. The lowest BCUT2D eigenvalue weighted by Gasteiger charge is -2.37. The number of nitrogens with one attached hydrogen (secondary N) is 2. The Hall–Kier alpha value is -1.63. The van der Waals surface area contributed by atoms with Gasteiger partial charge in [-0.15, -0.1) is 0 Å². The van der Waals surface area contributed by atoms with Gasteiger partial charge in [0.1, 0.15) is 0 Å². The van der Waals surface area contributed by atoms with Crippen LogP contribution in [0.2, 0.25) is 0 Å². The van der Waals surface area contributed by atoms with Crippen molar-refractivity contribution in [2.24, 2.45) is 10.9 Å². The van der Waals surface area contributed by atoms with Crippen LogP contribution in [0.25, 0.3) is 0 Å². The molecular formula is C21H37N5O. The van der Waals surface area contributed by atoms with E-state index in [0.717, 1.165) is 45.4 Å². The average molecular weight is 376 g/mol. The molecule has 0 radical (unpaired) electrons. The summed E-state index contributed by atoms with van der Waals surface area (Å²) in [5.41, 5.74) is 1.30. The van der Waals surface area contributed by atoms with Crippen molar-refractivity contribution in [3.63, 3.8) is 0 Å². The third-order valence-electron chi connectivity index (χ3n) is 5.26. The van der Waals surface area contributed by atoms with E-state index >= 15 is 0 Å². The third kappa shape index (κ3) is 6.79. The lowest BCUT2D eigenvalue weighted by molar-refractivity contribution is 0.00752. The Bertz CT molecular complexity index is 555. The van der Waals surface area contributed by atoms with E-state index in [1.165, 1.54) is 5.56 Å². The molecule has 0 spiro atoms. The first kappa shape index (κ1) is 21.7. The van der Waals surface area contributed by atoms with Gasteiger partial charge in [-0.2, -0.15) is 0 Å². The van der Waals surface area contributed by atoms with Gasteiger partial charge in [0, 0.05) is 39.3 Å². The first-order valence-corrected chi connectivity index (χ1v) is 10.0. The van der Waals surface area contributed by atoms with Crippen LogP contribution in [0.4, 0.5) is 0 Å². The molecule has 152 valence electrons. The molecule has 1 heterocycles. The Kier molecular flexibility index (Phi) is 9.04. The molecule has 0 bridgehead atoms. The molecule has 2 N–H and O–H groups in total. The van der Waals surface area contributed by atoms with E-state index in [2.05, 4.69) is 83.7 Å². The molecule has 0 amide bonds. The van der Waals surface area contributed by atoms with Crippen LogP contribution in [0.1, 0.15) is 25.5 Å². The van der Waals surface area contributed by atoms with Crippen LogP contribution in [0.5, 0.6) is 0 Å². The first-order chi connectivity index (χ1) is 13.0. The quantitative estimate of drug-likeness (QED) is 0.536. The molecule has 2 atom stereocenters. The SMILES string of the molecule is CN=C(NCC(c1ccccc1)N(C)C)NCC(C(C)C)N1CCOCC1. The van der Waals surface area contributed by atoms with Crippen molar-refractivity contribution < 1.29 is 4.74 Å². The summed E-state index contributed by atoms with van der Waals surface area (Å²) in [7, 11) is 6.06. The number of guanidine groups is 1. The summed E-state index contributed by atoms with van der Waals surface area (Å²) in [6.07, 6.45) is 0. The number of hydrogen-bond acceptors (Lipinski definition) is 4. The van der Waals surface area contributed by atoms with E-state index in [9.17, 15) is 0 Å². The molecule has 1 aliphatic heterocycles. The lowest BCUT2D eigenvalue weighted by Crippen LogP contribution is -2.53. The standard InChI is InChI=1S/C21H37N5O/c1-17(2)19(26-11-13-27-14-12-26)15-23-21(22-3)24-16-20(25(4)5)18-9-7-6-8-10-18/h6-10,17,19-20H,11-16H2,1-5H3,(H2,22,23,24). The Labute approximate surface area is 165 Å². The van der Waals surface area contributed by atoms with Crippen molar-refractivity contribution >= 4 is 5.96 Å². The van der Waals surface area contributed by atoms with Crippen molar-refractivity contribution in [3.8, 4) is 0 Å².